The molecule has 76 valence electrons. The molecule has 1 atom stereocenters. The molecular weight excluding hydrogens is 170 g/mol. The number of hydrogen-bond acceptors (Lipinski definition) is 2. The fourth-order valence-electron chi connectivity index (χ4n) is 1.01. The maximum Gasteiger partial charge on any atom is 0.305 e. The number of nitrogens with zero attached hydrogens (tertiary/aromatic N) is 1. The van der Waals surface area contributed by atoms with Gasteiger partial charge in [0.1, 0.15) is 0 Å². The highest BCUT2D eigenvalue weighted by atomic mass is 16.4. The van der Waals surface area contributed by atoms with Gasteiger partial charge in [-0.3, -0.25) is 9.59 Å². The molecule has 13 heavy (non-hydrogen) atoms. The maximum absolute atomic E-state index is 11.4. The summed E-state index contributed by atoms with van der Waals surface area (Å²) in [6, 6.07) is -0.243. The summed E-state index contributed by atoms with van der Waals surface area (Å²) in [6.45, 7) is 5.33. The number of rotatable bonds is 4. The van der Waals surface area contributed by atoms with Crippen LogP contribution >= 0.6 is 0 Å². The first kappa shape index (κ1) is 11.9. The molecule has 1 unspecified atom stereocenters. The second-order valence-corrected chi connectivity index (χ2v) is 3.55. The van der Waals surface area contributed by atoms with Gasteiger partial charge in [0.25, 0.3) is 0 Å². The first-order valence-corrected chi connectivity index (χ1v) is 4.34. The molecular formula is C9H17NO3. The van der Waals surface area contributed by atoms with Crippen LogP contribution in [0.1, 0.15) is 27.2 Å². The third-order valence-corrected chi connectivity index (χ3v) is 1.97. The predicted molar refractivity (Wildman–Crippen MR) is 49.3 cm³/mol. The molecule has 0 aliphatic carbocycles. The largest absolute Gasteiger partial charge is 0.481 e. The van der Waals surface area contributed by atoms with Crippen molar-refractivity contribution in [2.45, 2.75) is 33.2 Å². The molecule has 1 N–H and O–H groups in total. The van der Waals surface area contributed by atoms with Crippen molar-refractivity contribution < 1.29 is 14.7 Å². The maximum atomic E-state index is 11.4. The number of carbonyl (C=O) groups excluding carboxylic acids is 1. The van der Waals surface area contributed by atoms with E-state index in [2.05, 4.69) is 0 Å². The Balaban J connectivity index is 4.17. The normalized spacial score (nSPS) is 12.7. The lowest BCUT2D eigenvalue weighted by Gasteiger charge is -2.25. The first-order chi connectivity index (χ1) is 5.86. The summed E-state index contributed by atoms with van der Waals surface area (Å²) in [6.07, 6.45) is -0.00500. The molecule has 0 radical (unpaired) electrons. The second-order valence-electron chi connectivity index (χ2n) is 3.55. The summed E-state index contributed by atoms with van der Waals surface area (Å²) < 4.78 is 0. The van der Waals surface area contributed by atoms with Crippen molar-refractivity contribution in [1.29, 1.82) is 0 Å². The molecule has 0 aromatic carbocycles. The van der Waals surface area contributed by atoms with Crippen molar-refractivity contribution in [3.63, 3.8) is 0 Å². The van der Waals surface area contributed by atoms with Crippen molar-refractivity contribution >= 4 is 11.9 Å². The van der Waals surface area contributed by atoms with Crippen LogP contribution in [-0.4, -0.2) is 35.0 Å². The van der Waals surface area contributed by atoms with Crippen LogP contribution < -0.4 is 0 Å². The number of hydrogen-bond donors (Lipinski definition) is 1. The third-order valence-electron chi connectivity index (χ3n) is 1.97. The van der Waals surface area contributed by atoms with E-state index in [1.54, 1.807) is 27.8 Å². The molecule has 1 amide bonds. The van der Waals surface area contributed by atoms with Crippen molar-refractivity contribution in [3.05, 3.63) is 0 Å². The van der Waals surface area contributed by atoms with Gasteiger partial charge in [0.05, 0.1) is 6.42 Å². The van der Waals surface area contributed by atoms with Crippen LogP contribution in [0.4, 0.5) is 0 Å². The monoisotopic (exact) mass is 187 g/mol. The van der Waals surface area contributed by atoms with Crippen molar-refractivity contribution in [3.8, 4) is 0 Å². The van der Waals surface area contributed by atoms with Gasteiger partial charge in [-0.05, 0) is 6.92 Å². The third kappa shape index (κ3) is 3.92. The van der Waals surface area contributed by atoms with Crippen LogP contribution in [0.15, 0.2) is 0 Å². The lowest BCUT2D eigenvalue weighted by molar-refractivity contribution is -0.140. The predicted octanol–water partition coefficient (Wildman–Crippen LogP) is 0.964. The SMILES string of the molecule is CC(C)C(=O)N(C)C(C)CC(=O)O. The van der Waals surface area contributed by atoms with Crippen molar-refractivity contribution in [1.82, 2.24) is 4.90 Å². The van der Waals surface area contributed by atoms with Crippen molar-refractivity contribution in [2.24, 2.45) is 5.92 Å². The lowest BCUT2D eigenvalue weighted by Crippen LogP contribution is -2.38. The Morgan fingerprint density at radius 2 is 1.77 bits per heavy atom. The van der Waals surface area contributed by atoms with Gasteiger partial charge < -0.3 is 10.0 Å². The molecule has 4 nitrogen and oxygen atoms in total. The zero-order chi connectivity index (χ0) is 10.6. The van der Waals surface area contributed by atoms with Crippen LogP contribution in [0, 0.1) is 5.92 Å². The fraction of sp³-hybridized carbons (Fsp3) is 0.778. The number of carbonyl (C=O) groups is 2. The van der Waals surface area contributed by atoms with Crippen LogP contribution in [0.2, 0.25) is 0 Å². The number of carboxylic acid groups (broad SMARTS) is 1. The Labute approximate surface area is 78.5 Å². The Hall–Kier alpha value is -1.06. The first-order valence-electron chi connectivity index (χ1n) is 4.34. The smallest absolute Gasteiger partial charge is 0.305 e. The average molecular weight is 187 g/mol. The van der Waals surface area contributed by atoms with E-state index in [1.807, 2.05) is 0 Å². The average Bonchev–Trinajstić information content (AvgIpc) is 2.00. The molecule has 0 aromatic rings. The zero-order valence-corrected chi connectivity index (χ0v) is 8.57. The molecule has 0 spiro atoms. The zero-order valence-electron chi connectivity index (χ0n) is 8.57. The minimum Gasteiger partial charge on any atom is -0.481 e. The van der Waals surface area contributed by atoms with E-state index in [4.69, 9.17) is 5.11 Å². The standard InChI is InChI=1S/C9H17NO3/c1-6(2)9(13)10(4)7(3)5-8(11)12/h6-7H,5H2,1-4H3,(H,11,12). The molecule has 0 saturated heterocycles. The van der Waals surface area contributed by atoms with Gasteiger partial charge in [-0.1, -0.05) is 13.8 Å². The van der Waals surface area contributed by atoms with Gasteiger partial charge >= 0.3 is 5.97 Å². The molecule has 0 rings (SSSR count). The molecule has 0 bridgehead atoms. The Bertz CT molecular complexity index is 201. The van der Waals surface area contributed by atoms with E-state index in [1.165, 1.54) is 4.90 Å². The van der Waals surface area contributed by atoms with Crippen LogP contribution in [0.5, 0.6) is 0 Å². The van der Waals surface area contributed by atoms with Crippen LogP contribution in [-0.2, 0) is 9.59 Å². The Kier molecular flexibility index (Phi) is 4.45. The lowest BCUT2D eigenvalue weighted by atomic mass is 10.1. The molecule has 4 heteroatoms. The summed E-state index contributed by atoms with van der Waals surface area (Å²) in [4.78, 5) is 23.3. The quantitative estimate of drug-likeness (QED) is 0.713. The van der Waals surface area contributed by atoms with E-state index in [9.17, 15) is 9.59 Å². The molecule has 0 aliphatic heterocycles. The summed E-state index contributed by atoms with van der Waals surface area (Å²) >= 11 is 0. The molecule has 0 aliphatic rings. The van der Waals surface area contributed by atoms with Gasteiger partial charge in [-0.15, -0.1) is 0 Å². The van der Waals surface area contributed by atoms with E-state index < -0.39 is 5.97 Å². The highest BCUT2D eigenvalue weighted by Crippen LogP contribution is 2.06. The van der Waals surface area contributed by atoms with Gasteiger partial charge in [-0.2, -0.15) is 0 Å². The van der Waals surface area contributed by atoms with E-state index >= 15 is 0 Å². The number of carboxylic acids is 1. The fourth-order valence-corrected chi connectivity index (χ4v) is 1.01. The van der Waals surface area contributed by atoms with E-state index in [-0.39, 0.29) is 24.3 Å². The van der Waals surface area contributed by atoms with Crippen molar-refractivity contribution in [2.75, 3.05) is 7.05 Å². The highest BCUT2D eigenvalue weighted by molar-refractivity contribution is 5.79. The van der Waals surface area contributed by atoms with Gasteiger partial charge in [0.15, 0.2) is 0 Å². The highest BCUT2D eigenvalue weighted by Gasteiger charge is 2.19. The Morgan fingerprint density at radius 1 is 1.31 bits per heavy atom. The van der Waals surface area contributed by atoms with Gasteiger partial charge in [0.2, 0.25) is 5.91 Å². The topological polar surface area (TPSA) is 57.6 Å². The van der Waals surface area contributed by atoms with E-state index in [0.717, 1.165) is 0 Å². The van der Waals surface area contributed by atoms with Gasteiger partial charge in [-0.25, -0.2) is 0 Å². The number of amides is 1. The summed E-state index contributed by atoms with van der Waals surface area (Å²) in [5.74, 6) is -0.981. The van der Waals surface area contributed by atoms with Crippen LogP contribution in [0.3, 0.4) is 0 Å². The summed E-state index contributed by atoms with van der Waals surface area (Å²) in [7, 11) is 1.63. The summed E-state index contributed by atoms with van der Waals surface area (Å²) in [5.41, 5.74) is 0. The minimum absolute atomic E-state index is 0.00500. The molecule has 0 saturated carbocycles. The van der Waals surface area contributed by atoms with Gasteiger partial charge in [0, 0.05) is 19.0 Å². The Morgan fingerprint density at radius 3 is 2.08 bits per heavy atom. The second kappa shape index (κ2) is 4.84. The van der Waals surface area contributed by atoms with E-state index in [0.29, 0.717) is 0 Å². The number of aliphatic carboxylic acids is 1. The van der Waals surface area contributed by atoms with Crippen LogP contribution in [0.25, 0.3) is 0 Å². The molecule has 0 aromatic heterocycles. The molecule has 0 fully saturated rings. The summed E-state index contributed by atoms with van der Waals surface area (Å²) in [5, 5.41) is 8.52. The molecule has 0 heterocycles. The minimum atomic E-state index is -0.879.